The summed E-state index contributed by atoms with van der Waals surface area (Å²) < 4.78 is 0. The van der Waals surface area contributed by atoms with Crippen molar-refractivity contribution >= 4 is 43.1 Å². The van der Waals surface area contributed by atoms with Gasteiger partial charge in [0.25, 0.3) is 0 Å². The van der Waals surface area contributed by atoms with Gasteiger partial charge in [-0.1, -0.05) is 30.3 Å². The lowest BCUT2D eigenvalue weighted by atomic mass is 9.98. The Kier molecular flexibility index (Phi) is 2.41. The predicted molar refractivity (Wildman–Crippen MR) is 107 cm³/mol. The first kappa shape index (κ1) is 13.7. The zero-order valence-electron chi connectivity index (χ0n) is 13.7. The highest BCUT2D eigenvalue weighted by Crippen LogP contribution is 2.31. The van der Waals surface area contributed by atoms with Gasteiger partial charge in [-0.3, -0.25) is 9.59 Å². The average Bonchev–Trinajstić information content (AvgIpc) is 2.70. The van der Waals surface area contributed by atoms with E-state index in [2.05, 4.69) is 30.3 Å². The van der Waals surface area contributed by atoms with Crippen LogP contribution in [0, 0.1) is 10.4 Å². The second kappa shape index (κ2) is 4.55. The topological polar surface area (TPSA) is 34.1 Å². The minimum absolute atomic E-state index is 0.116. The van der Waals surface area contributed by atoms with E-state index in [9.17, 15) is 9.59 Å². The molecule has 0 radical (unpaired) electrons. The van der Waals surface area contributed by atoms with Gasteiger partial charge in [0.05, 0.1) is 0 Å². The first-order valence-corrected chi connectivity index (χ1v) is 8.61. The van der Waals surface area contributed by atoms with Crippen molar-refractivity contribution in [1.82, 2.24) is 0 Å². The largest absolute Gasteiger partial charge is 0.289 e. The molecule has 9 rings (SSSR count). The molecule has 0 atom stereocenters. The number of rotatable bonds is 0. The Morgan fingerprint density at radius 1 is 0.423 bits per heavy atom. The molecule has 0 aliphatic heterocycles. The molecule has 0 amide bonds. The average molecular weight is 332 g/mol. The van der Waals surface area contributed by atoms with Crippen LogP contribution in [0.4, 0.5) is 0 Å². The zero-order valence-corrected chi connectivity index (χ0v) is 13.7. The molecule has 0 saturated heterocycles. The van der Waals surface area contributed by atoms with Crippen LogP contribution < -0.4 is 10.9 Å². The summed E-state index contributed by atoms with van der Waals surface area (Å²) in [5.41, 5.74) is -0.233. The van der Waals surface area contributed by atoms with Crippen LogP contribution in [0.15, 0.2) is 82.4 Å². The molecular formula is C24H12O2. The highest BCUT2D eigenvalue weighted by Gasteiger charge is 2.09. The lowest BCUT2D eigenvalue weighted by molar-refractivity contribution is 1.42. The van der Waals surface area contributed by atoms with Crippen molar-refractivity contribution in [2.24, 2.45) is 0 Å². The maximum atomic E-state index is 12.9. The van der Waals surface area contributed by atoms with Crippen LogP contribution in [0.2, 0.25) is 0 Å². The minimum Gasteiger partial charge on any atom is -0.289 e. The third kappa shape index (κ3) is 1.66. The normalized spacial score (nSPS) is 12.2. The Hall–Kier alpha value is -3.52. The van der Waals surface area contributed by atoms with Crippen LogP contribution in [-0.2, 0) is 0 Å². The monoisotopic (exact) mass is 332 g/mol. The van der Waals surface area contributed by atoms with Crippen molar-refractivity contribution in [2.45, 2.75) is 0 Å². The Labute approximate surface area is 147 Å². The van der Waals surface area contributed by atoms with Gasteiger partial charge in [0.2, 0.25) is 0 Å². The summed E-state index contributed by atoms with van der Waals surface area (Å²) in [5, 5.41) is 9.22. The van der Waals surface area contributed by atoms with Gasteiger partial charge in [-0.15, -0.1) is 0 Å². The van der Waals surface area contributed by atoms with Crippen LogP contribution in [0.1, 0.15) is 0 Å². The van der Waals surface area contributed by atoms with Gasteiger partial charge in [-0.2, -0.15) is 0 Å². The van der Waals surface area contributed by atoms with E-state index >= 15 is 0 Å². The summed E-state index contributed by atoms with van der Waals surface area (Å²) in [5.74, 6) is 0. The van der Waals surface area contributed by atoms with Gasteiger partial charge in [0.1, 0.15) is 0 Å². The number of fused-ring (bicyclic) bond motifs is 1. The van der Waals surface area contributed by atoms with E-state index in [4.69, 9.17) is 0 Å². The second-order valence-electron chi connectivity index (χ2n) is 6.95. The zero-order chi connectivity index (χ0) is 17.4. The summed E-state index contributed by atoms with van der Waals surface area (Å²) in [6.45, 7) is 0. The molecule has 0 fully saturated rings. The predicted octanol–water partition coefficient (Wildman–Crippen LogP) is 4.62. The van der Waals surface area contributed by atoms with Crippen LogP contribution in [0.5, 0.6) is 0 Å². The molecule has 8 bridgehead atoms. The van der Waals surface area contributed by atoms with Gasteiger partial charge in [-0.25, -0.2) is 0 Å². The SMILES string of the molecule is O=c1ccc(=O)c2c3cccc4cc5cc6cc(ccc6cc5cc43)c1=2. The maximum Gasteiger partial charge on any atom is 0.187 e. The van der Waals surface area contributed by atoms with Crippen molar-refractivity contribution in [3.8, 4) is 0 Å². The molecule has 0 spiro atoms. The smallest absolute Gasteiger partial charge is 0.187 e. The van der Waals surface area contributed by atoms with E-state index in [1.165, 1.54) is 12.1 Å². The molecule has 4 aromatic carbocycles. The Bertz CT molecular complexity index is 1650. The van der Waals surface area contributed by atoms with E-state index in [0.717, 1.165) is 43.1 Å². The second-order valence-corrected chi connectivity index (χ2v) is 6.95. The van der Waals surface area contributed by atoms with Gasteiger partial charge in [0.15, 0.2) is 10.9 Å². The standard InChI is InChI=1S/C24H12O2/c25-21-6-7-22(26)24-19-3-1-2-14-9-17-11-16-10-15(23(21)24)5-4-13(16)8-18(17)12-20(14)19/h1-12H. The lowest BCUT2D eigenvalue weighted by Gasteiger charge is -2.06. The van der Waals surface area contributed by atoms with Gasteiger partial charge in [-0.05, 0) is 85.6 Å². The minimum atomic E-state index is -0.117. The molecule has 0 saturated carbocycles. The molecule has 2 nitrogen and oxygen atoms in total. The fourth-order valence-corrected chi connectivity index (χ4v) is 4.27. The molecule has 5 aliphatic rings. The molecule has 4 aromatic rings. The number of benzene rings is 4. The van der Waals surface area contributed by atoms with E-state index in [-0.39, 0.29) is 10.9 Å². The molecular weight excluding hydrogens is 320 g/mol. The molecule has 0 N–H and O–H groups in total. The van der Waals surface area contributed by atoms with Crippen LogP contribution in [0.3, 0.4) is 0 Å². The Morgan fingerprint density at radius 3 is 1.92 bits per heavy atom. The Balaban J connectivity index is 2.25. The molecule has 5 aliphatic carbocycles. The fourth-order valence-electron chi connectivity index (χ4n) is 4.27. The van der Waals surface area contributed by atoms with Crippen LogP contribution in [0.25, 0.3) is 43.1 Å². The molecule has 2 heteroatoms. The van der Waals surface area contributed by atoms with Crippen molar-refractivity contribution in [3.63, 3.8) is 0 Å². The van der Waals surface area contributed by atoms with Crippen molar-refractivity contribution in [1.29, 1.82) is 0 Å². The summed E-state index contributed by atoms with van der Waals surface area (Å²) in [6.07, 6.45) is 0. The van der Waals surface area contributed by atoms with Crippen molar-refractivity contribution in [2.75, 3.05) is 0 Å². The van der Waals surface area contributed by atoms with Gasteiger partial charge >= 0.3 is 0 Å². The van der Waals surface area contributed by atoms with Gasteiger partial charge in [0, 0.05) is 10.4 Å². The molecule has 120 valence electrons. The third-order valence-electron chi connectivity index (χ3n) is 5.48. The summed E-state index contributed by atoms with van der Waals surface area (Å²) in [7, 11) is 0. The molecule has 0 unspecified atom stereocenters. The number of hydrogen-bond donors (Lipinski definition) is 0. The summed E-state index contributed by atoms with van der Waals surface area (Å²) >= 11 is 0. The number of hydrogen-bond acceptors (Lipinski definition) is 2. The van der Waals surface area contributed by atoms with Crippen LogP contribution in [-0.4, -0.2) is 0 Å². The Morgan fingerprint density at radius 2 is 1.04 bits per heavy atom. The van der Waals surface area contributed by atoms with Crippen molar-refractivity contribution in [3.05, 3.63) is 104 Å². The summed E-state index contributed by atoms with van der Waals surface area (Å²) in [4.78, 5) is 25.6. The van der Waals surface area contributed by atoms with Gasteiger partial charge < -0.3 is 0 Å². The van der Waals surface area contributed by atoms with E-state index in [1.807, 2.05) is 30.3 Å². The molecule has 0 heterocycles. The lowest BCUT2D eigenvalue weighted by Crippen LogP contribution is -2.11. The molecule has 0 aromatic heterocycles. The first-order valence-electron chi connectivity index (χ1n) is 8.61. The third-order valence-corrected chi connectivity index (χ3v) is 5.48. The molecule has 26 heavy (non-hydrogen) atoms. The van der Waals surface area contributed by atoms with Crippen LogP contribution >= 0.6 is 0 Å². The summed E-state index contributed by atoms with van der Waals surface area (Å²) in [6, 6.07) is 23.4. The quantitative estimate of drug-likeness (QED) is 0.380. The highest BCUT2D eigenvalue weighted by atomic mass is 16.1. The van der Waals surface area contributed by atoms with E-state index in [0.29, 0.717) is 10.4 Å². The maximum absolute atomic E-state index is 12.9. The highest BCUT2D eigenvalue weighted by molar-refractivity contribution is 6.10. The van der Waals surface area contributed by atoms with Crippen molar-refractivity contribution < 1.29 is 0 Å². The van der Waals surface area contributed by atoms with E-state index < -0.39 is 0 Å². The fraction of sp³-hybridized carbons (Fsp3) is 0. The van der Waals surface area contributed by atoms with E-state index in [1.54, 1.807) is 0 Å². The first-order chi connectivity index (χ1) is 12.7.